The van der Waals surface area contributed by atoms with E-state index < -0.39 is 0 Å². The number of benzene rings is 1. The number of hydrogen-bond donors (Lipinski definition) is 0. The van der Waals surface area contributed by atoms with Gasteiger partial charge in [-0.25, -0.2) is 0 Å². The molecule has 2 rings (SSSR count). The highest BCUT2D eigenvalue weighted by Crippen LogP contribution is 2.15. The summed E-state index contributed by atoms with van der Waals surface area (Å²) in [7, 11) is 0. The van der Waals surface area contributed by atoms with Crippen molar-refractivity contribution in [1.82, 2.24) is 9.80 Å². The molecule has 1 fully saturated rings. The molecular formula is C17H24N2O2. The largest absolute Gasteiger partial charge is 0.340 e. The van der Waals surface area contributed by atoms with E-state index in [4.69, 9.17) is 0 Å². The van der Waals surface area contributed by atoms with E-state index >= 15 is 0 Å². The fourth-order valence-electron chi connectivity index (χ4n) is 2.73. The van der Waals surface area contributed by atoms with Gasteiger partial charge in [0, 0.05) is 38.7 Å². The van der Waals surface area contributed by atoms with Crippen molar-refractivity contribution < 1.29 is 9.59 Å². The van der Waals surface area contributed by atoms with E-state index in [2.05, 4.69) is 4.90 Å². The van der Waals surface area contributed by atoms with Crippen LogP contribution in [0.4, 0.5) is 0 Å². The summed E-state index contributed by atoms with van der Waals surface area (Å²) in [6, 6.07) is 5.75. The number of rotatable bonds is 3. The summed E-state index contributed by atoms with van der Waals surface area (Å²) >= 11 is 0. The first-order valence-corrected chi connectivity index (χ1v) is 7.51. The van der Waals surface area contributed by atoms with E-state index in [1.807, 2.05) is 43.9 Å². The van der Waals surface area contributed by atoms with Crippen LogP contribution in [0, 0.1) is 13.8 Å². The summed E-state index contributed by atoms with van der Waals surface area (Å²) < 4.78 is 0. The summed E-state index contributed by atoms with van der Waals surface area (Å²) in [5.41, 5.74) is 3.13. The van der Waals surface area contributed by atoms with Gasteiger partial charge in [-0.2, -0.15) is 0 Å². The Bertz CT molecular complexity index is 546. The Balaban J connectivity index is 2.03. The Kier molecular flexibility index (Phi) is 4.78. The molecule has 1 atom stereocenters. The van der Waals surface area contributed by atoms with Crippen LogP contribution in [-0.2, 0) is 4.79 Å². The van der Waals surface area contributed by atoms with Crippen LogP contribution in [0.2, 0.25) is 0 Å². The van der Waals surface area contributed by atoms with E-state index in [1.165, 1.54) is 5.56 Å². The lowest BCUT2D eigenvalue weighted by Gasteiger charge is -2.37. The molecule has 1 heterocycles. The van der Waals surface area contributed by atoms with Gasteiger partial charge in [-0.3, -0.25) is 14.5 Å². The lowest BCUT2D eigenvalue weighted by Crippen LogP contribution is -2.52. The van der Waals surface area contributed by atoms with E-state index in [0.29, 0.717) is 13.1 Å². The number of hydrogen-bond acceptors (Lipinski definition) is 3. The third-order valence-electron chi connectivity index (χ3n) is 4.48. The summed E-state index contributed by atoms with van der Waals surface area (Å²) in [5, 5.41) is 0. The smallest absolute Gasteiger partial charge is 0.219 e. The molecule has 114 valence electrons. The topological polar surface area (TPSA) is 40.6 Å². The van der Waals surface area contributed by atoms with Crippen LogP contribution in [-0.4, -0.2) is 53.7 Å². The Morgan fingerprint density at radius 1 is 1.05 bits per heavy atom. The molecule has 4 nitrogen and oxygen atoms in total. The minimum Gasteiger partial charge on any atom is -0.340 e. The van der Waals surface area contributed by atoms with E-state index in [1.54, 1.807) is 6.92 Å². The van der Waals surface area contributed by atoms with Gasteiger partial charge in [-0.1, -0.05) is 12.1 Å². The molecule has 0 spiro atoms. The van der Waals surface area contributed by atoms with Crippen molar-refractivity contribution in [3.63, 3.8) is 0 Å². The molecule has 1 saturated heterocycles. The maximum Gasteiger partial charge on any atom is 0.219 e. The molecule has 0 bridgehead atoms. The zero-order chi connectivity index (χ0) is 15.6. The molecule has 1 aliphatic heterocycles. The fraction of sp³-hybridized carbons (Fsp3) is 0.529. The van der Waals surface area contributed by atoms with Crippen LogP contribution in [0.25, 0.3) is 0 Å². The van der Waals surface area contributed by atoms with E-state index in [-0.39, 0.29) is 17.7 Å². The minimum absolute atomic E-state index is 0.114. The normalized spacial score (nSPS) is 17.6. The first kappa shape index (κ1) is 15.7. The van der Waals surface area contributed by atoms with Crippen LogP contribution in [0.3, 0.4) is 0 Å². The second kappa shape index (κ2) is 6.39. The Hall–Kier alpha value is -1.68. The monoisotopic (exact) mass is 288 g/mol. The van der Waals surface area contributed by atoms with Crippen LogP contribution < -0.4 is 0 Å². The van der Waals surface area contributed by atoms with Crippen LogP contribution >= 0.6 is 0 Å². The molecule has 1 aromatic rings. The molecule has 0 radical (unpaired) electrons. The Morgan fingerprint density at radius 3 is 2.19 bits per heavy atom. The lowest BCUT2D eigenvalue weighted by atomic mass is 9.99. The van der Waals surface area contributed by atoms with Crippen molar-refractivity contribution in [1.29, 1.82) is 0 Å². The molecule has 0 saturated carbocycles. The quantitative estimate of drug-likeness (QED) is 0.799. The predicted octanol–water partition coefficient (Wildman–Crippen LogP) is 2.04. The molecule has 0 N–H and O–H groups in total. The summed E-state index contributed by atoms with van der Waals surface area (Å²) in [6.07, 6.45) is 0. The maximum absolute atomic E-state index is 12.6. The third kappa shape index (κ3) is 3.50. The average Bonchev–Trinajstić information content (AvgIpc) is 2.48. The van der Waals surface area contributed by atoms with Gasteiger partial charge in [-0.15, -0.1) is 0 Å². The number of Topliss-reactive ketones (excluding diaryl/α,β-unsaturated/α-hetero) is 1. The van der Waals surface area contributed by atoms with E-state index in [9.17, 15) is 9.59 Å². The second-order valence-electron chi connectivity index (χ2n) is 5.88. The van der Waals surface area contributed by atoms with Crippen molar-refractivity contribution in [2.24, 2.45) is 0 Å². The second-order valence-corrected chi connectivity index (χ2v) is 5.88. The third-order valence-corrected chi connectivity index (χ3v) is 4.48. The number of piperazine rings is 1. The molecule has 1 aliphatic rings. The van der Waals surface area contributed by atoms with Gasteiger partial charge < -0.3 is 4.90 Å². The average molecular weight is 288 g/mol. The Morgan fingerprint density at radius 2 is 1.67 bits per heavy atom. The van der Waals surface area contributed by atoms with Crippen molar-refractivity contribution in [3.8, 4) is 0 Å². The minimum atomic E-state index is -0.138. The predicted molar refractivity (Wildman–Crippen MR) is 83.5 cm³/mol. The van der Waals surface area contributed by atoms with Crippen molar-refractivity contribution in [2.45, 2.75) is 33.7 Å². The van der Waals surface area contributed by atoms with Crippen LogP contribution in [0.1, 0.15) is 35.3 Å². The van der Waals surface area contributed by atoms with Gasteiger partial charge in [0.05, 0.1) is 6.04 Å². The van der Waals surface area contributed by atoms with Gasteiger partial charge in [0.25, 0.3) is 0 Å². The molecule has 0 aromatic heterocycles. The highest BCUT2D eigenvalue weighted by molar-refractivity contribution is 6.00. The van der Waals surface area contributed by atoms with Crippen molar-refractivity contribution in [3.05, 3.63) is 34.9 Å². The number of amides is 1. The summed E-state index contributed by atoms with van der Waals surface area (Å²) in [6.45, 7) is 10.6. The molecule has 0 aliphatic carbocycles. The van der Waals surface area contributed by atoms with Gasteiger partial charge >= 0.3 is 0 Å². The fourth-order valence-corrected chi connectivity index (χ4v) is 2.73. The van der Waals surface area contributed by atoms with E-state index in [0.717, 1.165) is 24.2 Å². The molecule has 21 heavy (non-hydrogen) atoms. The molecular weight excluding hydrogens is 264 g/mol. The maximum atomic E-state index is 12.6. The Labute approximate surface area is 126 Å². The van der Waals surface area contributed by atoms with Gasteiger partial charge in [-0.05, 0) is 38.0 Å². The first-order chi connectivity index (χ1) is 9.90. The lowest BCUT2D eigenvalue weighted by molar-refractivity contribution is -0.130. The zero-order valence-corrected chi connectivity index (χ0v) is 13.3. The highest BCUT2D eigenvalue weighted by atomic mass is 16.2. The molecule has 4 heteroatoms. The highest BCUT2D eigenvalue weighted by Gasteiger charge is 2.27. The van der Waals surface area contributed by atoms with Crippen LogP contribution in [0.5, 0.6) is 0 Å². The first-order valence-electron chi connectivity index (χ1n) is 7.51. The number of carbonyl (C=O) groups excluding carboxylic acids is 2. The van der Waals surface area contributed by atoms with Crippen LogP contribution in [0.15, 0.2) is 18.2 Å². The molecule has 1 aromatic carbocycles. The number of carbonyl (C=O) groups is 2. The van der Waals surface area contributed by atoms with Crippen molar-refractivity contribution in [2.75, 3.05) is 26.2 Å². The number of ketones is 1. The van der Waals surface area contributed by atoms with Gasteiger partial charge in [0.15, 0.2) is 5.78 Å². The summed E-state index contributed by atoms with van der Waals surface area (Å²) in [4.78, 5) is 27.9. The van der Waals surface area contributed by atoms with Crippen molar-refractivity contribution >= 4 is 11.7 Å². The SMILES string of the molecule is CC(=O)N1CCN(C(C)C(=O)c2ccc(C)c(C)c2)CC1. The molecule has 1 amide bonds. The zero-order valence-electron chi connectivity index (χ0n) is 13.3. The summed E-state index contributed by atoms with van der Waals surface area (Å²) in [5.74, 6) is 0.275. The standard InChI is InChI=1S/C17H24N2O2/c1-12-5-6-16(11-13(12)2)17(21)14(3)18-7-9-19(10-8-18)15(4)20/h5-6,11,14H,7-10H2,1-4H3. The number of nitrogens with zero attached hydrogens (tertiary/aromatic N) is 2. The van der Waals surface area contributed by atoms with Gasteiger partial charge in [0.1, 0.15) is 0 Å². The number of aryl methyl sites for hydroxylation is 2. The molecule has 1 unspecified atom stereocenters. The van der Waals surface area contributed by atoms with Gasteiger partial charge in [0.2, 0.25) is 5.91 Å².